The second kappa shape index (κ2) is 6.02. The molecule has 2 aromatic rings. The van der Waals surface area contributed by atoms with E-state index in [0.717, 1.165) is 5.56 Å². The Kier molecular flexibility index (Phi) is 4.15. The quantitative estimate of drug-likeness (QED) is 0.896. The molecule has 0 aromatic heterocycles. The molecule has 0 saturated heterocycles. The number of carboxylic acid groups (broad SMARTS) is 1. The Labute approximate surface area is 117 Å². The van der Waals surface area contributed by atoms with Gasteiger partial charge in [-0.3, -0.25) is 4.79 Å². The van der Waals surface area contributed by atoms with Gasteiger partial charge in [0.25, 0.3) is 5.91 Å². The fourth-order valence-corrected chi connectivity index (χ4v) is 1.94. The van der Waals surface area contributed by atoms with Crippen LogP contribution >= 0.6 is 0 Å². The third-order valence-electron chi connectivity index (χ3n) is 2.93. The maximum absolute atomic E-state index is 12.0. The van der Waals surface area contributed by atoms with Crippen molar-refractivity contribution >= 4 is 11.9 Å². The molecule has 1 amide bonds. The minimum absolute atomic E-state index is 0.403. The predicted molar refractivity (Wildman–Crippen MR) is 75.5 cm³/mol. The van der Waals surface area contributed by atoms with Crippen LogP contribution in [0.3, 0.4) is 0 Å². The third-order valence-corrected chi connectivity index (χ3v) is 2.93. The van der Waals surface area contributed by atoms with E-state index in [1.54, 1.807) is 48.5 Å². The zero-order valence-corrected chi connectivity index (χ0v) is 11.0. The summed E-state index contributed by atoms with van der Waals surface area (Å²) < 4.78 is 0. The van der Waals surface area contributed by atoms with Crippen LogP contribution in [0.15, 0.2) is 54.6 Å². The smallest absolute Gasteiger partial charge is 0.330 e. The van der Waals surface area contributed by atoms with Gasteiger partial charge in [-0.15, -0.1) is 0 Å². The first kappa shape index (κ1) is 13.8. The van der Waals surface area contributed by atoms with Crippen molar-refractivity contribution in [2.24, 2.45) is 0 Å². The number of rotatable bonds is 4. The molecule has 102 valence electrons. The Morgan fingerprint density at radius 2 is 1.75 bits per heavy atom. The van der Waals surface area contributed by atoms with Crippen LogP contribution in [-0.4, -0.2) is 17.0 Å². The van der Waals surface area contributed by atoms with E-state index in [0.29, 0.717) is 11.1 Å². The minimum Gasteiger partial charge on any atom is -0.479 e. The monoisotopic (exact) mass is 269 g/mol. The van der Waals surface area contributed by atoms with Crippen molar-refractivity contribution in [3.8, 4) is 0 Å². The highest BCUT2D eigenvalue weighted by molar-refractivity contribution is 5.96. The first-order chi connectivity index (χ1) is 9.58. The second-order valence-corrected chi connectivity index (χ2v) is 4.52. The van der Waals surface area contributed by atoms with Gasteiger partial charge in [0.05, 0.1) is 0 Å². The molecule has 4 heteroatoms. The highest BCUT2D eigenvalue weighted by atomic mass is 16.4. The normalized spacial score (nSPS) is 11.7. The van der Waals surface area contributed by atoms with Crippen molar-refractivity contribution in [3.05, 3.63) is 71.3 Å². The first-order valence-electron chi connectivity index (χ1n) is 6.23. The standard InChI is InChI=1S/C16H15NO3/c1-11-6-5-9-13(10-11)14(16(19)20)17-15(18)12-7-3-2-4-8-12/h2-10,14H,1H3,(H,17,18)(H,19,20). The van der Waals surface area contributed by atoms with E-state index in [1.165, 1.54) is 0 Å². The molecule has 0 aliphatic heterocycles. The SMILES string of the molecule is Cc1cccc(C(NC(=O)c2ccccc2)C(=O)O)c1. The minimum atomic E-state index is -1.08. The number of aliphatic carboxylic acids is 1. The summed E-state index contributed by atoms with van der Waals surface area (Å²) in [5, 5.41) is 11.8. The molecule has 4 nitrogen and oxygen atoms in total. The Balaban J connectivity index is 2.23. The Morgan fingerprint density at radius 1 is 1.05 bits per heavy atom. The second-order valence-electron chi connectivity index (χ2n) is 4.52. The van der Waals surface area contributed by atoms with E-state index >= 15 is 0 Å². The van der Waals surface area contributed by atoms with E-state index in [-0.39, 0.29) is 0 Å². The average molecular weight is 269 g/mol. The van der Waals surface area contributed by atoms with Crippen LogP contribution in [0.5, 0.6) is 0 Å². The van der Waals surface area contributed by atoms with Gasteiger partial charge in [0.1, 0.15) is 0 Å². The lowest BCUT2D eigenvalue weighted by molar-refractivity contribution is -0.139. The molecule has 0 fully saturated rings. The Bertz CT molecular complexity index is 623. The summed E-state index contributed by atoms with van der Waals surface area (Å²) in [7, 11) is 0. The number of aryl methyl sites for hydroxylation is 1. The molecule has 1 atom stereocenters. The number of amides is 1. The van der Waals surface area contributed by atoms with Gasteiger partial charge < -0.3 is 10.4 Å². The van der Waals surface area contributed by atoms with Crippen molar-refractivity contribution in [3.63, 3.8) is 0 Å². The lowest BCUT2D eigenvalue weighted by atomic mass is 10.0. The summed E-state index contributed by atoms with van der Waals surface area (Å²) in [4.78, 5) is 23.4. The van der Waals surface area contributed by atoms with Crippen LogP contribution in [0, 0.1) is 6.92 Å². The van der Waals surface area contributed by atoms with Gasteiger partial charge in [0, 0.05) is 5.56 Å². The summed E-state index contributed by atoms with van der Waals surface area (Å²) >= 11 is 0. The first-order valence-corrected chi connectivity index (χ1v) is 6.23. The van der Waals surface area contributed by atoms with Crippen LogP contribution in [-0.2, 0) is 4.79 Å². The van der Waals surface area contributed by atoms with Gasteiger partial charge in [0.2, 0.25) is 0 Å². The summed E-state index contributed by atoms with van der Waals surface area (Å²) in [6.07, 6.45) is 0. The fourth-order valence-electron chi connectivity index (χ4n) is 1.94. The molecular formula is C16H15NO3. The van der Waals surface area contributed by atoms with Crippen molar-refractivity contribution in [1.82, 2.24) is 5.32 Å². The zero-order valence-electron chi connectivity index (χ0n) is 11.0. The van der Waals surface area contributed by atoms with Gasteiger partial charge in [0.15, 0.2) is 6.04 Å². The van der Waals surface area contributed by atoms with Gasteiger partial charge >= 0.3 is 5.97 Å². The lowest BCUT2D eigenvalue weighted by Gasteiger charge is -2.15. The molecule has 2 aromatic carbocycles. The van der Waals surface area contributed by atoms with E-state index < -0.39 is 17.9 Å². The van der Waals surface area contributed by atoms with Crippen LogP contribution in [0.1, 0.15) is 27.5 Å². The molecule has 0 radical (unpaired) electrons. The number of carbonyl (C=O) groups excluding carboxylic acids is 1. The van der Waals surface area contributed by atoms with E-state index in [9.17, 15) is 14.7 Å². The van der Waals surface area contributed by atoms with Crippen molar-refractivity contribution < 1.29 is 14.7 Å². The Morgan fingerprint density at radius 3 is 2.35 bits per heavy atom. The molecule has 0 spiro atoms. The van der Waals surface area contributed by atoms with Crippen molar-refractivity contribution in [1.29, 1.82) is 0 Å². The van der Waals surface area contributed by atoms with Crippen molar-refractivity contribution in [2.45, 2.75) is 13.0 Å². The largest absolute Gasteiger partial charge is 0.479 e. The maximum atomic E-state index is 12.0. The molecule has 0 bridgehead atoms. The molecule has 2 rings (SSSR count). The summed E-state index contributed by atoms with van der Waals surface area (Å²) in [6.45, 7) is 1.88. The number of nitrogens with one attached hydrogen (secondary N) is 1. The topological polar surface area (TPSA) is 66.4 Å². The molecule has 0 saturated carbocycles. The van der Waals surface area contributed by atoms with E-state index in [2.05, 4.69) is 5.32 Å². The van der Waals surface area contributed by atoms with Crippen molar-refractivity contribution in [2.75, 3.05) is 0 Å². The molecule has 2 N–H and O–H groups in total. The predicted octanol–water partition coefficient (Wildman–Crippen LogP) is 2.55. The van der Waals surface area contributed by atoms with Gasteiger partial charge in [-0.05, 0) is 24.6 Å². The van der Waals surface area contributed by atoms with E-state index in [1.807, 2.05) is 13.0 Å². The average Bonchev–Trinajstić information content (AvgIpc) is 2.45. The molecule has 20 heavy (non-hydrogen) atoms. The summed E-state index contributed by atoms with van der Waals surface area (Å²) in [6, 6.07) is 14.6. The van der Waals surface area contributed by atoms with Gasteiger partial charge in [-0.25, -0.2) is 4.79 Å². The molecule has 1 unspecified atom stereocenters. The number of carboxylic acids is 1. The van der Waals surface area contributed by atoms with E-state index in [4.69, 9.17) is 0 Å². The van der Waals surface area contributed by atoms with Crippen LogP contribution in [0.4, 0.5) is 0 Å². The number of hydrogen-bond donors (Lipinski definition) is 2. The lowest BCUT2D eigenvalue weighted by Crippen LogP contribution is -2.33. The van der Waals surface area contributed by atoms with Crippen LogP contribution in [0.2, 0.25) is 0 Å². The molecular weight excluding hydrogens is 254 g/mol. The number of carbonyl (C=O) groups is 2. The number of hydrogen-bond acceptors (Lipinski definition) is 2. The van der Waals surface area contributed by atoms with Crippen LogP contribution < -0.4 is 5.32 Å². The molecule has 0 aliphatic rings. The highest BCUT2D eigenvalue weighted by Gasteiger charge is 2.22. The Hall–Kier alpha value is -2.62. The maximum Gasteiger partial charge on any atom is 0.330 e. The summed E-state index contributed by atoms with van der Waals surface area (Å²) in [5.74, 6) is -1.49. The summed E-state index contributed by atoms with van der Waals surface area (Å²) in [5.41, 5.74) is 1.94. The third kappa shape index (κ3) is 3.23. The molecule has 0 aliphatic carbocycles. The zero-order chi connectivity index (χ0) is 14.5. The number of benzene rings is 2. The fraction of sp³-hybridized carbons (Fsp3) is 0.125. The van der Waals surface area contributed by atoms with Gasteiger partial charge in [-0.1, -0.05) is 48.0 Å². The van der Waals surface area contributed by atoms with Gasteiger partial charge in [-0.2, -0.15) is 0 Å². The molecule has 0 heterocycles. The van der Waals surface area contributed by atoms with Crippen LogP contribution in [0.25, 0.3) is 0 Å². The highest BCUT2D eigenvalue weighted by Crippen LogP contribution is 2.15.